The molecular formula is C15H11ClF3NO. The Morgan fingerprint density at radius 1 is 1.10 bits per heavy atom. The maximum Gasteiger partial charge on any atom is 0.416 e. The van der Waals surface area contributed by atoms with Crippen LogP contribution in [0.5, 0.6) is 0 Å². The van der Waals surface area contributed by atoms with Crippen molar-refractivity contribution in [2.24, 2.45) is 0 Å². The van der Waals surface area contributed by atoms with Gasteiger partial charge in [0.15, 0.2) is 0 Å². The van der Waals surface area contributed by atoms with E-state index in [-0.39, 0.29) is 12.1 Å². The van der Waals surface area contributed by atoms with Crippen LogP contribution in [0.3, 0.4) is 0 Å². The molecule has 0 bridgehead atoms. The van der Waals surface area contributed by atoms with Gasteiger partial charge in [-0.3, -0.25) is 4.79 Å². The van der Waals surface area contributed by atoms with E-state index < -0.39 is 17.6 Å². The Kier molecular flexibility index (Phi) is 4.53. The van der Waals surface area contributed by atoms with E-state index in [1.807, 2.05) is 0 Å². The van der Waals surface area contributed by atoms with Crippen LogP contribution in [-0.4, -0.2) is 5.91 Å². The Bertz CT molecular complexity index is 638. The molecule has 0 aliphatic rings. The summed E-state index contributed by atoms with van der Waals surface area (Å²) in [5.41, 5.74) is 0.196. The lowest BCUT2D eigenvalue weighted by Gasteiger charge is -2.08. The summed E-state index contributed by atoms with van der Waals surface area (Å²) in [6.45, 7) is 0.250. The third kappa shape index (κ3) is 4.23. The first-order chi connectivity index (χ1) is 9.86. The first-order valence-electron chi connectivity index (χ1n) is 6.06. The first kappa shape index (κ1) is 15.4. The zero-order valence-electron chi connectivity index (χ0n) is 10.7. The molecule has 2 aromatic rings. The number of alkyl halides is 3. The van der Waals surface area contributed by atoms with Crippen LogP contribution in [-0.2, 0) is 12.7 Å². The minimum Gasteiger partial charge on any atom is -0.348 e. The van der Waals surface area contributed by atoms with E-state index in [0.29, 0.717) is 5.02 Å². The van der Waals surface area contributed by atoms with Gasteiger partial charge in [0.05, 0.1) is 5.56 Å². The Hall–Kier alpha value is -2.01. The van der Waals surface area contributed by atoms with Gasteiger partial charge in [-0.15, -0.1) is 0 Å². The summed E-state index contributed by atoms with van der Waals surface area (Å²) < 4.78 is 37.2. The van der Waals surface area contributed by atoms with E-state index in [9.17, 15) is 18.0 Å². The van der Waals surface area contributed by atoms with E-state index in [2.05, 4.69) is 5.32 Å². The lowest BCUT2D eigenvalue weighted by molar-refractivity contribution is -0.137. The number of nitrogens with one attached hydrogen (secondary N) is 1. The molecule has 0 unspecified atom stereocenters. The summed E-state index contributed by atoms with van der Waals surface area (Å²) >= 11 is 5.82. The molecule has 0 aliphatic carbocycles. The van der Waals surface area contributed by atoms with E-state index in [0.717, 1.165) is 29.8 Å². The Morgan fingerprint density at radius 2 is 1.76 bits per heavy atom. The predicted molar refractivity (Wildman–Crippen MR) is 74.1 cm³/mol. The molecule has 2 rings (SSSR count). The summed E-state index contributed by atoms with van der Waals surface area (Å²) in [7, 11) is 0. The predicted octanol–water partition coefficient (Wildman–Crippen LogP) is 4.29. The number of amides is 1. The second-order valence-electron chi connectivity index (χ2n) is 4.39. The van der Waals surface area contributed by atoms with Crippen molar-refractivity contribution < 1.29 is 18.0 Å². The number of benzene rings is 2. The highest BCUT2D eigenvalue weighted by molar-refractivity contribution is 6.30. The standard InChI is InChI=1S/C15H11ClF3NO/c16-13-3-1-2-10(8-13)9-20-14(21)11-4-6-12(7-5-11)15(17,18)19/h1-8H,9H2,(H,20,21). The second-order valence-corrected chi connectivity index (χ2v) is 4.82. The Morgan fingerprint density at radius 3 is 2.33 bits per heavy atom. The third-order valence-electron chi connectivity index (χ3n) is 2.82. The molecule has 110 valence electrons. The van der Waals surface area contributed by atoms with Crippen molar-refractivity contribution in [1.29, 1.82) is 0 Å². The molecule has 0 heterocycles. The van der Waals surface area contributed by atoms with Gasteiger partial charge in [-0.05, 0) is 42.0 Å². The third-order valence-corrected chi connectivity index (χ3v) is 3.05. The average molecular weight is 314 g/mol. The second kappa shape index (κ2) is 6.18. The molecule has 0 aromatic heterocycles. The molecule has 21 heavy (non-hydrogen) atoms. The zero-order chi connectivity index (χ0) is 15.5. The molecular weight excluding hydrogens is 303 g/mol. The number of carbonyl (C=O) groups is 1. The molecule has 0 spiro atoms. The van der Waals surface area contributed by atoms with Crippen molar-refractivity contribution >= 4 is 17.5 Å². The molecule has 6 heteroatoms. The number of rotatable bonds is 3. The zero-order valence-corrected chi connectivity index (χ0v) is 11.5. The van der Waals surface area contributed by atoms with Crippen LogP contribution in [0.4, 0.5) is 13.2 Å². The summed E-state index contributed by atoms with van der Waals surface area (Å²) in [6, 6.07) is 11.0. The highest BCUT2D eigenvalue weighted by Crippen LogP contribution is 2.29. The molecule has 0 atom stereocenters. The van der Waals surface area contributed by atoms with Gasteiger partial charge < -0.3 is 5.32 Å². The van der Waals surface area contributed by atoms with Crippen LogP contribution in [0, 0.1) is 0 Å². The molecule has 0 saturated carbocycles. The van der Waals surface area contributed by atoms with Crippen molar-refractivity contribution in [3.05, 3.63) is 70.2 Å². The normalized spacial score (nSPS) is 11.2. The quantitative estimate of drug-likeness (QED) is 0.900. The van der Waals surface area contributed by atoms with Crippen molar-refractivity contribution in [2.45, 2.75) is 12.7 Å². The van der Waals surface area contributed by atoms with Gasteiger partial charge in [-0.25, -0.2) is 0 Å². The van der Waals surface area contributed by atoms with Crippen LogP contribution in [0.1, 0.15) is 21.5 Å². The highest BCUT2D eigenvalue weighted by atomic mass is 35.5. The highest BCUT2D eigenvalue weighted by Gasteiger charge is 2.30. The fraction of sp³-hybridized carbons (Fsp3) is 0.133. The molecule has 1 amide bonds. The van der Waals surface area contributed by atoms with Gasteiger partial charge in [-0.1, -0.05) is 23.7 Å². The van der Waals surface area contributed by atoms with Crippen LogP contribution < -0.4 is 5.32 Å². The maximum atomic E-state index is 12.4. The van der Waals surface area contributed by atoms with Gasteiger partial charge in [0.1, 0.15) is 0 Å². The van der Waals surface area contributed by atoms with Crippen molar-refractivity contribution in [1.82, 2.24) is 5.32 Å². The van der Waals surface area contributed by atoms with Crippen LogP contribution in [0.15, 0.2) is 48.5 Å². The molecule has 2 nitrogen and oxygen atoms in total. The summed E-state index contributed by atoms with van der Waals surface area (Å²) in [5.74, 6) is -0.441. The lowest BCUT2D eigenvalue weighted by atomic mass is 10.1. The van der Waals surface area contributed by atoms with Gasteiger partial charge in [-0.2, -0.15) is 13.2 Å². The van der Waals surface area contributed by atoms with Crippen LogP contribution >= 0.6 is 11.6 Å². The first-order valence-corrected chi connectivity index (χ1v) is 6.44. The van der Waals surface area contributed by atoms with Gasteiger partial charge >= 0.3 is 6.18 Å². The topological polar surface area (TPSA) is 29.1 Å². The minimum atomic E-state index is -4.41. The number of halogens is 4. The lowest BCUT2D eigenvalue weighted by Crippen LogP contribution is -2.22. The van der Waals surface area contributed by atoms with Crippen molar-refractivity contribution in [3.8, 4) is 0 Å². The smallest absolute Gasteiger partial charge is 0.348 e. The molecule has 0 aliphatic heterocycles. The SMILES string of the molecule is O=C(NCc1cccc(Cl)c1)c1ccc(C(F)(F)F)cc1. The molecule has 2 aromatic carbocycles. The molecule has 1 N–H and O–H groups in total. The van der Waals surface area contributed by atoms with Crippen molar-refractivity contribution in [3.63, 3.8) is 0 Å². The summed E-state index contributed by atoms with van der Waals surface area (Å²) in [5, 5.41) is 3.17. The monoisotopic (exact) mass is 313 g/mol. The minimum absolute atomic E-state index is 0.171. The van der Waals surface area contributed by atoms with E-state index >= 15 is 0 Å². The van der Waals surface area contributed by atoms with Crippen molar-refractivity contribution in [2.75, 3.05) is 0 Å². The van der Waals surface area contributed by atoms with Gasteiger partial charge in [0, 0.05) is 17.1 Å². The fourth-order valence-electron chi connectivity index (χ4n) is 1.74. The maximum absolute atomic E-state index is 12.4. The number of carbonyl (C=O) groups excluding carboxylic acids is 1. The molecule has 0 fully saturated rings. The molecule has 0 saturated heterocycles. The largest absolute Gasteiger partial charge is 0.416 e. The number of hydrogen-bond acceptors (Lipinski definition) is 1. The van der Waals surface area contributed by atoms with Crippen LogP contribution in [0.25, 0.3) is 0 Å². The van der Waals surface area contributed by atoms with Gasteiger partial charge in [0.25, 0.3) is 5.91 Å². The van der Waals surface area contributed by atoms with Gasteiger partial charge in [0.2, 0.25) is 0 Å². The Labute approximate surface area is 124 Å². The fourth-order valence-corrected chi connectivity index (χ4v) is 1.95. The van der Waals surface area contributed by atoms with E-state index in [4.69, 9.17) is 11.6 Å². The number of hydrogen-bond donors (Lipinski definition) is 1. The van der Waals surface area contributed by atoms with E-state index in [1.165, 1.54) is 0 Å². The summed E-state index contributed by atoms with van der Waals surface area (Å²) in [4.78, 5) is 11.8. The van der Waals surface area contributed by atoms with E-state index in [1.54, 1.807) is 24.3 Å². The van der Waals surface area contributed by atoms with Crippen LogP contribution in [0.2, 0.25) is 5.02 Å². The average Bonchev–Trinajstić information content (AvgIpc) is 2.44. The molecule has 0 radical (unpaired) electrons. The Balaban J connectivity index is 2.00. The summed E-state index contributed by atoms with van der Waals surface area (Å²) in [6.07, 6.45) is -4.41.